The minimum absolute atomic E-state index is 0.453. The molecule has 1 heteroatoms. The first kappa shape index (κ1) is 8.62. The lowest BCUT2D eigenvalue weighted by atomic mass is 9.87. The third kappa shape index (κ3) is 2.95. The second kappa shape index (κ2) is 4.41. The Morgan fingerprint density at radius 1 is 1.27 bits per heavy atom. The van der Waals surface area contributed by atoms with Gasteiger partial charge in [0.15, 0.2) is 0 Å². The monoisotopic (exact) mass is 151 g/mol. The van der Waals surface area contributed by atoms with Crippen LogP contribution in [0.5, 0.6) is 0 Å². The average Bonchev–Trinajstić information content (AvgIpc) is 2.04. The van der Waals surface area contributed by atoms with E-state index in [0.717, 1.165) is 6.42 Å². The standard InChI is InChI=1S/C10H17N/c1-2-3-4-9-5-7-10(11)8-6-9/h9-10H,2,5-8,11H2,1H3. The van der Waals surface area contributed by atoms with Gasteiger partial charge >= 0.3 is 0 Å². The summed E-state index contributed by atoms with van der Waals surface area (Å²) < 4.78 is 0. The van der Waals surface area contributed by atoms with E-state index in [1.807, 2.05) is 0 Å². The predicted octanol–water partition coefficient (Wildman–Crippen LogP) is 1.92. The highest BCUT2D eigenvalue weighted by atomic mass is 14.6. The van der Waals surface area contributed by atoms with Crippen LogP contribution >= 0.6 is 0 Å². The van der Waals surface area contributed by atoms with Crippen LogP contribution in [-0.2, 0) is 0 Å². The molecule has 1 aliphatic carbocycles. The molecular weight excluding hydrogens is 134 g/mol. The van der Waals surface area contributed by atoms with Crippen molar-refractivity contribution in [3.05, 3.63) is 0 Å². The highest BCUT2D eigenvalue weighted by Crippen LogP contribution is 2.22. The molecule has 1 rings (SSSR count). The number of rotatable bonds is 0. The highest BCUT2D eigenvalue weighted by Gasteiger charge is 2.15. The summed E-state index contributed by atoms with van der Waals surface area (Å²) >= 11 is 0. The van der Waals surface area contributed by atoms with Crippen LogP contribution in [0.25, 0.3) is 0 Å². The Hall–Kier alpha value is -0.480. The van der Waals surface area contributed by atoms with Crippen LogP contribution in [0.3, 0.4) is 0 Å². The van der Waals surface area contributed by atoms with Crippen LogP contribution in [0.2, 0.25) is 0 Å². The van der Waals surface area contributed by atoms with Gasteiger partial charge in [0.1, 0.15) is 0 Å². The normalized spacial score (nSPS) is 30.7. The smallest absolute Gasteiger partial charge is 0.0204 e. The zero-order chi connectivity index (χ0) is 8.10. The predicted molar refractivity (Wildman–Crippen MR) is 48.0 cm³/mol. The molecule has 0 saturated heterocycles. The highest BCUT2D eigenvalue weighted by molar-refractivity contribution is 5.04. The molecular formula is C10H17N. The molecule has 0 unspecified atom stereocenters. The molecule has 62 valence electrons. The Balaban J connectivity index is 2.28. The van der Waals surface area contributed by atoms with Gasteiger partial charge in [0, 0.05) is 18.4 Å². The van der Waals surface area contributed by atoms with Crippen LogP contribution in [0.15, 0.2) is 0 Å². The van der Waals surface area contributed by atoms with E-state index in [0.29, 0.717) is 12.0 Å². The number of hydrogen-bond acceptors (Lipinski definition) is 1. The lowest BCUT2D eigenvalue weighted by Gasteiger charge is -2.21. The lowest BCUT2D eigenvalue weighted by Crippen LogP contribution is -2.25. The van der Waals surface area contributed by atoms with Crippen LogP contribution in [0.4, 0.5) is 0 Å². The zero-order valence-corrected chi connectivity index (χ0v) is 7.27. The summed E-state index contributed by atoms with van der Waals surface area (Å²) in [6.45, 7) is 2.10. The fraction of sp³-hybridized carbons (Fsp3) is 0.800. The van der Waals surface area contributed by atoms with Crippen LogP contribution in [0.1, 0.15) is 39.0 Å². The van der Waals surface area contributed by atoms with Crippen LogP contribution in [0, 0.1) is 17.8 Å². The van der Waals surface area contributed by atoms with Crippen molar-refractivity contribution in [3.8, 4) is 11.8 Å². The fourth-order valence-electron chi connectivity index (χ4n) is 1.51. The molecule has 1 fully saturated rings. The van der Waals surface area contributed by atoms with E-state index >= 15 is 0 Å². The van der Waals surface area contributed by atoms with E-state index in [2.05, 4.69) is 18.8 Å². The summed E-state index contributed by atoms with van der Waals surface area (Å²) in [5, 5.41) is 0. The van der Waals surface area contributed by atoms with Crippen molar-refractivity contribution in [2.24, 2.45) is 11.7 Å². The maximum Gasteiger partial charge on any atom is 0.0204 e. The van der Waals surface area contributed by atoms with Gasteiger partial charge in [-0.15, -0.1) is 5.92 Å². The quantitative estimate of drug-likeness (QED) is 0.526. The SMILES string of the molecule is CCC#CC1CCC(N)CC1. The molecule has 0 amide bonds. The zero-order valence-electron chi connectivity index (χ0n) is 7.27. The van der Waals surface area contributed by atoms with Gasteiger partial charge < -0.3 is 5.73 Å². The minimum atomic E-state index is 0.453. The van der Waals surface area contributed by atoms with Gasteiger partial charge in [0.25, 0.3) is 0 Å². The van der Waals surface area contributed by atoms with Crippen molar-refractivity contribution in [2.45, 2.75) is 45.1 Å². The Morgan fingerprint density at radius 2 is 1.91 bits per heavy atom. The van der Waals surface area contributed by atoms with E-state index in [4.69, 9.17) is 5.73 Å². The van der Waals surface area contributed by atoms with Crippen LogP contribution < -0.4 is 5.73 Å². The molecule has 0 aromatic carbocycles. The second-order valence-electron chi connectivity index (χ2n) is 3.29. The van der Waals surface area contributed by atoms with Crippen LogP contribution in [-0.4, -0.2) is 6.04 Å². The largest absolute Gasteiger partial charge is 0.328 e. The van der Waals surface area contributed by atoms with Gasteiger partial charge in [-0.3, -0.25) is 0 Å². The summed E-state index contributed by atoms with van der Waals surface area (Å²) in [6, 6.07) is 0.453. The Labute approximate surface area is 69.4 Å². The van der Waals surface area contributed by atoms with Gasteiger partial charge in [-0.05, 0) is 25.7 Å². The van der Waals surface area contributed by atoms with E-state index in [9.17, 15) is 0 Å². The summed E-state index contributed by atoms with van der Waals surface area (Å²) in [4.78, 5) is 0. The maximum atomic E-state index is 5.78. The van der Waals surface area contributed by atoms with E-state index in [1.165, 1.54) is 25.7 Å². The molecule has 11 heavy (non-hydrogen) atoms. The molecule has 0 atom stereocenters. The molecule has 1 saturated carbocycles. The Kier molecular flexibility index (Phi) is 3.45. The van der Waals surface area contributed by atoms with Gasteiger partial charge in [-0.1, -0.05) is 12.8 Å². The van der Waals surface area contributed by atoms with Crippen molar-refractivity contribution in [1.29, 1.82) is 0 Å². The number of hydrogen-bond donors (Lipinski definition) is 1. The molecule has 0 spiro atoms. The molecule has 2 N–H and O–H groups in total. The van der Waals surface area contributed by atoms with Gasteiger partial charge in [-0.2, -0.15) is 0 Å². The maximum absolute atomic E-state index is 5.78. The summed E-state index contributed by atoms with van der Waals surface area (Å²) in [5.74, 6) is 7.08. The van der Waals surface area contributed by atoms with Gasteiger partial charge in [0.05, 0.1) is 0 Å². The van der Waals surface area contributed by atoms with E-state index in [-0.39, 0.29) is 0 Å². The Bertz CT molecular complexity index is 155. The third-order valence-electron chi connectivity index (χ3n) is 2.25. The molecule has 0 heterocycles. The molecule has 0 bridgehead atoms. The third-order valence-corrected chi connectivity index (χ3v) is 2.25. The molecule has 0 radical (unpaired) electrons. The minimum Gasteiger partial charge on any atom is -0.328 e. The van der Waals surface area contributed by atoms with E-state index in [1.54, 1.807) is 0 Å². The molecule has 0 aliphatic heterocycles. The Morgan fingerprint density at radius 3 is 2.45 bits per heavy atom. The first-order valence-corrected chi connectivity index (χ1v) is 4.57. The number of nitrogens with two attached hydrogens (primary N) is 1. The van der Waals surface area contributed by atoms with Gasteiger partial charge in [-0.25, -0.2) is 0 Å². The van der Waals surface area contributed by atoms with Crippen molar-refractivity contribution < 1.29 is 0 Å². The summed E-state index contributed by atoms with van der Waals surface area (Å²) in [6.07, 6.45) is 5.76. The molecule has 0 aromatic heterocycles. The fourth-order valence-corrected chi connectivity index (χ4v) is 1.51. The second-order valence-corrected chi connectivity index (χ2v) is 3.29. The molecule has 1 aliphatic rings. The molecule has 1 nitrogen and oxygen atoms in total. The lowest BCUT2D eigenvalue weighted by molar-refractivity contribution is 0.384. The first-order valence-electron chi connectivity index (χ1n) is 4.57. The first-order chi connectivity index (χ1) is 5.33. The van der Waals surface area contributed by atoms with E-state index < -0.39 is 0 Å². The van der Waals surface area contributed by atoms with Crippen molar-refractivity contribution in [2.75, 3.05) is 0 Å². The molecule has 0 aromatic rings. The average molecular weight is 151 g/mol. The van der Waals surface area contributed by atoms with Crippen molar-refractivity contribution in [3.63, 3.8) is 0 Å². The topological polar surface area (TPSA) is 26.0 Å². The summed E-state index contributed by atoms with van der Waals surface area (Å²) in [5.41, 5.74) is 5.78. The van der Waals surface area contributed by atoms with Crippen molar-refractivity contribution >= 4 is 0 Å². The van der Waals surface area contributed by atoms with Crippen molar-refractivity contribution in [1.82, 2.24) is 0 Å². The summed E-state index contributed by atoms with van der Waals surface area (Å²) in [7, 11) is 0. The van der Waals surface area contributed by atoms with Gasteiger partial charge in [0.2, 0.25) is 0 Å².